The average molecular weight is 1160 g/mol. The highest BCUT2D eigenvalue weighted by molar-refractivity contribution is 6.13. The van der Waals surface area contributed by atoms with Gasteiger partial charge in [-0.3, -0.25) is 0 Å². The molecule has 0 saturated heterocycles. The number of ether oxygens (including phenoxy) is 8. The van der Waals surface area contributed by atoms with E-state index in [0.717, 1.165) is 43.1 Å². The summed E-state index contributed by atoms with van der Waals surface area (Å²) < 4.78 is 49.9. The number of carbonyl (C=O) groups excluding carboxylic acids is 4. The molecule has 12 nitrogen and oxygen atoms in total. The van der Waals surface area contributed by atoms with E-state index in [1.165, 1.54) is 0 Å². The lowest BCUT2D eigenvalue weighted by Crippen LogP contribution is -2.09. The monoisotopic (exact) mass is 1160 g/mol. The molecule has 0 unspecified atom stereocenters. The molecule has 1 heterocycles. The SMILES string of the molecule is COc1c2cc3ccccc3c1-c1c(OC)c(cc3ccccc13)COC(=O)c1cccc(c1)-c1cccc(c1)C(=O)OCc1cc3ccccc3c(c1OC)-c1c(OC)c(cc3ccccc13)COC(=O)c1cccc(c1)-c1cccc(c1)C(=O)OC2. The van der Waals surface area contributed by atoms with Crippen LogP contribution in [0.25, 0.3) is 87.6 Å². The van der Waals surface area contributed by atoms with Gasteiger partial charge in [0.1, 0.15) is 49.4 Å². The van der Waals surface area contributed by atoms with Crippen molar-refractivity contribution in [1.82, 2.24) is 0 Å². The Morgan fingerprint density at radius 1 is 0.250 bits per heavy atom. The molecule has 12 aromatic carbocycles. The van der Waals surface area contributed by atoms with Crippen LogP contribution in [0.5, 0.6) is 23.0 Å². The summed E-state index contributed by atoms with van der Waals surface area (Å²) in [6.07, 6.45) is 0. The molecule has 0 atom stereocenters. The Balaban J connectivity index is 0.925. The minimum absolute atomic E-state index is 0.156. The molecule has 0 fully saturated rings. The van der Waals surface area contributed by atoms with Crippen LogP contribution in [0.3, 0.4) is 0 Å². The zero-order valence-corrected chi connectivity index (χ0v) is 48.5. The predicted molar refractivity (Wildman–Crippen MR) is 340 cm³/mol. The van der Waals surface area contributed by atoms with Crippen molar-refractivity contribution in [1.29, 1.82) is 0 Å². The molecule has 432 valence electrons. The third-order valence-electron chi connectivity index (χ3n) is 16.1. The van der Waals surface area contributed by atoms with Gasteiger partial charge in [0, 0.05) is 44.5 Å². The fraction of sp³-hybridized carbons (Fsp3) is 0.105. The first-order valence-electron chi connectivity index (χ1n) is 28.6. The van der Waals surface area contributed by atoms with Gasteiger partial charge in [0.15, 0.2) is 0 Å². The Morgan fingerprint density at radius 2 is 0.455 bits per heavy atom. The number of hydrogen-bond donors (Lipinski definition) is 0. The van der Waals surface area contributed by atoms with Gasteiger partial charge in [-0.25, -0.2) is 19.2 Å². The van der Waals surface area contributed by atoms with E-state index < -0.39 is 23.9 Å². The molecule has 0 saturated carbocycles. The van der Waals surface area contributed by atoms with Gasteiger partial charge < -0.3 is 37.9 Å². The minimum Gasteiger partial charge on any atom is -0.496 e. The quantitative estimate of drug-likeness (QED) is 0.122. The van der Waals surface area contributed by atoms with E-state index in [1.807, 2.05) is 146 Å². The van der Waals surface area contributed by atoms with Crippen molar-refractivity contribution >= 4 is 67.0 Å². The smallest absolute Gasteiger partial charge is 0.338 e. The van der Waals surface area contributed by atoms with Crippen molar-refractivity contribution in [3.8, 4) is 67.5 Å². The summed E-state index contributed by atoms with van der Waals surface area (Å²) in [6.45, 7) is -0.625. The van der Waals surface area contributed by atoms with E-state index in [9.17, 15) is 19.2 Å². The van der Waals surface area contributed by atoms with Gasteiger partial charge in [-0.15, -0.1) is 0 Å². The van der Waals surface area contributed by atoms with Crippen LogP contribution in [0, 0.1) is 0 Å². The van der Waals surface area contributed by atoms with Crippen LogP contribution in [0.1, 0.15) is 63.7 Å². The Labute approximate surface area is 506 Å². The van der Waals surface area contributed by atoms with E-state index in [2.05, 4.69) is 0 Å². The molecular weight excluding hydrogens is 1100 g/mol. The first kappa shape index (κ1) is 55.9. The second-order valence-corrected chi connectivity index (χ2v) is 21.3. The molecule has 0 aliphatic carbocycles. The maximum Gasteiger partial charge on any atom is 0.338 e. The van der Waals surface area contributed by atoms with Crippen molar-refractivity contribution in [2.75, 3.05) is 28.4 Å². The van der Waals surface area contributed by atoms with Crippen molar-refractivity contribution < 1.29 is 57.1 Å². The lowest BCUT2D eigenvalue weighted by molar-refractivity contribution is 0.0461. The lowest BCUT2D eigenvalue weighted by Gasteiger charge is -2.22. The van der Waals surface area contributed by atoms with Crippen LogP contribution in [0.15, 0.2) is 218 Å². The summed E-state index contributed by atoms with van der Waals surface area (Å²) in [5, 5.41) is 6.82. The second-order valence-electron chi connectivity index (χ2n) is 21.3. The fourth-order valence-corrected chi connectivity index (χ4v) is 12.1. The summed E-state index contributed by atoms with van der Waals surface area (Å²) in [4.78, 5) is 56.9. The average Bonchev–Trinajstić information content (AvgIpc) is 1.62. The Hall–Kier alpha value is -11.2. The van der Waals surface area contributed by atoms with Gasteiger partial charge in [-0.2, -0.15) is 0 Å². The van der Waals surface area contributed by atoms with Crippen LogP contribution in [-0.4, -0.2) is 52.3 Å². The van der Waals surface area contributed by atoms with Crippen LogP contribution in [0.4, 0.5) is 0 Å². The predicted octanol–water partition coefficient (Wildman–Crippen LogP) is 16.7. The van der Waals surface area contributed by atoms with Gasteiger partial charge in [0.05, 0.1) is 50.7 Å². The molecule has 16 bridgehead atoms. The molecule has 12 heteroatoms. The summed E-state index contributed by atoms with van der Waals surface area (Å²) >= 11 is 0. The van der Waals surface area contributed by atoms with E-state index in [-0.39, 0.29) is 26.4 Å². The Morgan fingerprint density at radius 3 is 0.670 bits per heavy atom. The van der Waals surface area contributed by atoms with Gasteiger partial charge >= 0.3 is 23.9 Å². The number of hydrogen-bond acceptors (Lipinski definition) is 12. The van der Waals surface area contributed by atoms with Crippen molar-refractivity contribution in [2.45, 2.75) is 26.4 Å². The van der Waals surface area contributed by atoms with Crippen molar-refractivity contribution in [3.63, 3.8) is 0 Å². The highest BCUT2D eigenvalue weighted by atomic mass is 16.5. The van der Waals surface area contributed by atoms with Crippen LogP contribution in [-0.2, 0) is 45.4 Å². The number of cyclic esters (lactones) is 4. The van der Waals surface area contributed by atoms with Crippen LogP contribution in [0.2, 0.25) is 0 Å². The summed E-state index contributed by atoms with van der Waals surface area (Å²) in [5.41, 5.74) is 9.01. The molecule has 1 aliphatic rings. The van der Waals surface area contributed by atoms with Gasteiger partial charge in [0.2, 0.25) is 0 Å². The van der Waals surface area contributed by atoms with Gasteiger partial charge in [0.25, 0.3) is 0 Å². The zero-order chi connectivity index (χ0) is 60.4. The fourth-order valence-electron chi connectivity index (χ4n) is 12.1. The van der Waals surface area contributed by atoms with E-state index in [0.29, 0.717) is 112 Å². The normalized spacial score (nSPS) is 13.0. The maximum atomic E-state index is 14.2. The summed E-state index contributed by atoms with van der Waals surface area (Å²) in [6, 6.07) is 67.5. The minimum atomic E-state index is -0.576. The Bertz CT molecular complexity index is 4190. The molecule has 12 aromatic rings. The first-order chi connectivity index (χ1) is 43.1. The summed E-state index contributed by atoms with van der Waals surface area (Å²) in [5.74, 6) is -0.465. The van der Waals surface area contributed by atoms with E-state index in [4.69, 9.17) is 37.9 Å². The summed E-state index contributed by atoms with van der Waals surface area (Å²) in [7, 11) is 6.32. The van der Waals surface area contributed by atoms with Gasteiger partial charge in [-0.05, 0) is 138 Å². The van der Waals surface area contributed by atoms with Crippen molar-refractivity contribution in [3.05, 3.63) is 263 Å². The molecule has 88 heavy (non-hydrogen) atoms. The Kier molecular flexibility index (Phi) is 15.3. The lowest BCUT2D eigenvalue weighted by atomic mass is 9.89. The van der Waals surface area contributed by atoms with E-state index >= 15 is 0 Å². The number of methoxy groups -OCH3 is 4. The zero-order valence-electron chi connectivity index (χ0n) is 48.5. The third-order valence-corrected chi connectivity index (χ3v) is 16.1. The standard InChI is InChI=1S/C76H56O12/c1-81-69-57-37-49-17-5-9-29-61(49)65(69)66-62-30-10-6-18-50(62)38-58(70(66)82-2)42-86-74(78)54-26-15-23-47(35-54)48-24-16-28-56(36-48)76(80)88-44-60-40-52-20-8-12-32-64(52)68(72(60)84-4)67-63-31-11-7-19-51(63)39-59(71(67)83-3)43-87-75(79)55-27-14-22-46(34-55)45-21-13-25-53(33-45)73(77)85-41-57/h5-40H,41-44H2,1-4H3. The maximum absolute atomic E-state index is 14.2. The molecule has 0 radical (unpaired) electrons. The second kappa shape index (κ2) is 24.0. The molecule has 0 amide bonds. The number of carbonyl (C=O) groups is 4. The van der Waals surface area contributed by atoms with Gasteiger partial charge in [-0.1, -0.05) is 146 Å². The topological polar surface area (TPSA) is 142 Å². The van der Waals surface area contributed by atoms with E-state index in [1.54, 1.807) is 101 Å². The number of esters is 4. The number of fused-ring (bicyclic) bond motifs is 28. The molecule has 0 spiro atoms. The molecule has 13 rings (SSSR count). The molecule has 1 aliphatic heterocycles. The number of benzene rings is 12. The van der Waals surface area contributed by atoms with Crippen molar-refractivity contribution in [2.24, 2.45) is 0 Å². The largest absolute Gasteiger partial charge is 0.496 e. The molecule has 0 aromatic heterocycles. The van der Waals surface area contributed by atoms with Crippen LogP contribution >= 0.6 is 0 Å². The highest BCUT2D eigenvalue weighted by Gasteiger charge is 2.28. The first-order valence-corrected chi connectivity index (χ1v) is 28.6. The van der Waals surface area contributed by atoms with Crippen LogP contribution < -0.4 is 18.9 Å². The third kappa shape index (κ3) is 10.5. The molecule has 0 N–H and O–H groups in total. The number of rotatable bonds is 4. The molecular formula is C76H56O12. The highest BCUT2D eigenvalue weighted by Crippen LogP contribution is 2.51.